The Morgan fingerprint density at radius 3 is 2.89 bits per heavy atom. The molecule has 1 aromatic carbocycles. The molecule has 0 bridgehead atoms. The van der Waals surface area contributed by atoms with Crippen LogP contribution < -0.4 is 0 Å². The van der Waals surface area contributed by atoms with E-state index in [0.29, 0.717) is 0 Å². The number of benzene rings is 1. The molecule has 0 spiro atoms. The van der Waals surface area contributed by atoms with E-state index in [1.165, 1.54) is 0 Å². The highest BCUT2D eigenvalue weighted by atomic mass is 79.9. The molecule has 18 heavy (non-hydrogen) atoms. The Bertz CT molecular complexity index is 626. The van der Waals surface area contributed by atoms with Gasteiger partial charge in [-0.25, -0.2) is 0 Å². The smallest absolute Gasteiger partial charge is 0.231 e. The molecule has 1 atom stereocenters. The summed E-state index contributed by atoms with van der Waals surface area (Å²) in [5.41, 5.74) is 1.80. The molecule has 1 aromatic heterocycles. The lowest BCUT2D eigenvalue weighted by Gasteiger charge is -2.11. The van der Waals surface area contributed by atoms with Crippen LogP contribution in [0.3, 0.4) is 0 Å². The third kappa shape index (κ3) is 1.81. The number of para-hydroxylation sites is 1. The zero-order valence-electron chi connectivity index (χ0n) is 10.1. The minimum Gasteiger partial charge on any atom is -0.345 e. The fraction of sp³-hybridized carbons (Fsp3) is 0.286. The Hall–Kier alpha value is -1.42. The van der Waals surface area contributed by atoms with Crippen LogP contribution in [0.5, 0.6) is 0 Å². The lowest BCUT2D eigenvalue weighted by Crippen LogP contribution is -2.22. The second-order valence-corrected chi connectivity index (χ2v) is 5.50. The van der Waals surface area contributed by atoms with E-state index < -0.39 is 0 Å². The standard InChI is InChI=1S/C14H13BrN2O/c1-17-7-6-10(14(17)18)13-8-11(15)9-4-2-3-5-12(9)16-13/h2-5,8,10H,6-7H2,1H3. The SMILES string of the molecule is CN1CCC(c2cc(Br)c3ccccc3n2)C1=O. The third-order valence-corrected chi connectivity index (χ3v) is 4.13. The van der Waals surface area contributed by atoms with Crippen molar-refractivity contribution in [2.24, 2.45) is 0 Å². The molecule has 1 fully saturated rings. The van der Waals surface area contributed by atoms with Crippen LogP contribution in [0, 0.1) is 0 Å². The lowest BCUT2D eigenvalue weighted by molar-refractivity contribution is -0.127. The van der Waals surface area contributed by atoms with E-state index in [-0.39, 0.29) is 11.8 Å². The van der Waals surface area contributed by atoms with Gasteiger partial charge in [-0.15, -0.1) is 0 Å². The molecular formula is C14H13BrN2O. The van der Waals surface area contributed by atoms with Crippen LogP contribution >= 0.6 is 15.9 Å². The number of carbonyl (C=O) groups is 1. The molecule has 3 nitrogen and oxygen atoms in total. The number of halogens is 1. The van der Waals surface area contributed by atoms with Gasteiger partial charge in [-0.1, -0.05) is 34.1 Å². The molecule has 4 heteroatoms. The number of aromatic nitrogens is 1. The molecule has 2 heterocycles. The Morgan fingerprint density at radius 2 is 2.17 bits per heavy atom. The summed E-state index contributed by atoms with van der Waals surface area (Å²) in [6.45, 7) is 0.815. The zero-order chi connectivity index (χ0) is 12.7. The first-order valence-corrected chi connectivity index (χ1v) is 6.76. The molecule has 0 aliphatic carbocycles. The molecule has 1 unspecified atom stereocenters. The highest BCUT2D eigenvalue weighted by Crippen LogP contribution is 2.31. The number of hydrogen-bond donors (Lipinski definition) is 0. The summed E-state index contributed by atoms with van der Waals surface area (Å²) in [7, 11) is 1.85. The number of pyridine rings is 1. The fourth-order valence-electron chi connectivity index (χ4n) is 2.43. The predicted octanol–water partition coefficient (Wildman–Crippen LogP) is 2.94. The summed E-state index contributed by atoms with van der Waals surface area (Å²) < 4.78 is 1.01. The number of fused-ring (bicyclic) bond motifs is 1. The van der Waals surface area contributed by atoms with Crippen LogP contribution in [0.15, 0.2) is 34.8 Å². The van der Waals surface area contributed by atoms with Crippen LogP contribution in [0.1, 0.15) is 18.0 Å². The van der Waals surface area contributed by atoms with Crippen molar-refractivity contribution in [2.75, 3.05) is 13.6 Å². The zero-order valence-corrected chi connectivity index (χ0v) is 11.6. The maximum Gasteiger partial charge on any atom is 0.231 e. The van der Waals surface area contributed by atoms with Gasteiger partial charge in [0.05, 0.1) is 17.1 Å². The minimum atomic E-state index is -0.0871. The summed E-state index contributed by atoms with van der Waals surface area (Å²) >= 11 is 3.56. The van der Waals surface area contributed by atoms with Crippen molar-refractivity contribution >= 4 is 32.7 Å². The van der Waals surface area contributed by atoms with Crippen molar-refractivity contribution in [3.8, 4) is 0 Å². The van der Waals surface area contributed by atoms with E-state index in [1.807, 2.05) is 37.4 Å². The number of likely N-dealkylation sites (N-methyl/N-ethyl adjacent to an activating group) is 1. The van der Waals surface area contributed by atoms with E-state index in [0.717, 1.165) is 34.0 Å². The van der Waals surface area contributed by atoms with E-state index in [2.05, 4.69) is 20.9 Å². The van der Waals surface area contributed by atoms with Crippen LogP contribution in [-0.4, -0.2) is 29.4 Å². The Balaban J connectivity index is 2.11. The Morgan fingerprint density at radius 1 is 1.39 bits per heavy atom. The van der Waals surface area contributed by atoms with Crippen molar-refractivity contribution in [3.05, 3.63) is 40.5 Å². The van der Waals surface area contributed by atoms with Crippen LogP contribution in [0.4, 0.5) is 0 Å². The van der Waals surface area contributed by atoms with Crippen LogP contribution in [0.25, 0.3) is 10.9 Å². The number of amides is 1. The lowest BCUT2D eigenvalue weighted by atomic mass is 10.0. The number of carbonyl (C=O) groups excluding carboxylic acids is 1. The van der Waals surface area contributed by atoms with Gasteiger partial charge < -0.3 is 4.90 Å². The molecule has 0 radical (unpaired) electrons. The van der Waals surface area contributed by atoms with Crippen molar-refractivity contribution in [1.29, 1.82) is 0 Å². The fourth-order valence-corrected chi connectivity index (χ4v) is 3.00. The molecule has 0 N–H and O–H groups in total. The second kappa shape index (κ2) is 4.35. The largest absolute Gasteiger partial charge is 0.345 e. The first-order valence-electron chi connectivity index (χ1n) is 5.97. The highest BCUT2D eigenvalue weighted by molar-refractivity contribution is 9.10. The van der Waals surface area contributed by atoms with Crippen LogP contribution in [0.2, 0.25) is 0 Å². The number of likely N-dealkylation sites (tertiary alicyclic amines) is 1. The Labute approximate surface area is 114 Å². The van der Waals surface area contributed by atoms with Crippen LogP contribution in [-0.2, 0) is 4.79 Å². The van der Waals surface area contributed by atoms with Gasteiger partial charge in [0.1, 0.15) is 0 Å². The monoisotopic (exact) mass is 304 g/mol. The normalized spacial score (nSPS) is 19.8. The second-order valence-electron chi connectivity index (χ2n) is 4.65. The van der Waals surface area contributed by atoms with Gasteiger partial charge in [-0.05, 0) is 18.6 Å². The molecule has 1 aliphatic heterocycles. The summed E-state index contributed by atoms with van der Waals surface area (Å²) in [5.74, 6) is 0.0839. The van der Waals surface area contributed by atoms with Gasteiger partial charge in [-0.3, -0.25) is 9.78 Å². The van der Waals surface area contributed by atoms with Gasteiger partial charge in [0, 0.05) is 23.5 Å². The van der Waals surface area contributed by atoms with Gasteiger partial charge in [0.25, 0.3) is 0 Å². The molecule has 1 aliphatic rings. The molecule has 1 amide bonds. The topological polar surface area (TPSA) is 33.2 Å². The maximum atomic E-state index is 12.0. The number of hydrogen-bond acceptors (Lipinski definition) is 2. The predicted molar refractivity (Wildman–Crippen MR) is 74.4 cm³/mol. The minimum absolute atomic E-state index is 0.0871. The molecule has 1 saturated heterocycles. The van der Waals surface area contributed by atoms with Crippen molar-refractivity contribution in [1.82, 2.24) is 9.88 Å². The van der Waals surface area contributed by atoms with Crippen molar-refractivity contribution < 1.29 is 4.79 Å². The summed E-state index contributed by atoms with van der Waals surface area (Å²) in [5, 5.41) is 1.08. The first-order chi connectivity index (χ1) is 8.66. The van der Waals surface area contributed by atoms with Gasteiger partial charge in [0.15, 0.2) is 0 Å². The third-order valence-electron chi connectivity index (χ3n) is 3.47. The van der Waals surface area contributed by atoms with Gasteiger partial charge in [-0.2, -0.15) is 0 Å². The van der Waals surface area contributed by atoms with Gasteiger partial charge in [0.2, 0.25) is 5.91 Å². The molecule has 92 valence electrons. The van der Waals surface area contributed by atoms with Crippen molar-refractivity contribution in [2.45, 2.75) is 12.3 Å². The first kappa shape index (κ1) is 11.7. The van der Waals surface area contributed by atoms with E-state index in [1.54, 1.807) is 4.90 Å². The molecular weight excluding hydrogens is 292 g/mol. The summed E-state index contributed by atoms with van der Waals surface area (Å²) in [6, 6.07) is 9.94. The molecule has 0 saturated carbocycles. The average molecular weight is 305 g/mol. The molecule has 2 aromatic rings. The highest BCUT2D eigenvalue weighted by Gasteiger charge is 2.31. The Kier molecular flexibility index (Phi) is 2.82. The van der Waals surface area contributed by atoms with E-state index in [9.17, 15) is 4.79 Å². The number of nitrogens with zero attached hydrogens (tertiary/aromatic N) is 2. The van der Waals surface area contributed by atoms with Gasteiger partial charge >= 0.3 is 0 Å². The van der Waals surface area contributed by atoms with Crippen molar-refractivity contribution in [3.63, 3.8) is 0 Å². The summed E-state index contributed by atoms with van der Waals surface area (Å²) in [4.78, 5) is 18.4. The maximum absolute atomic E-state index is 12.0. The van der Waals surface area contributed by atoms with E-state index in [4.69, 9.17) is 0 Å². The summed E-state index contributed by atoms with van der Waals surface area (Å²) in [6.07, 6.45) is 0.854. The molecule has 3 rings (SSSR count). The quantitative estimate of drug-likeness (QED) is 0.811. The van der Waals surface area contributed by atoms with E-state index >= 15 is 0 Å². The average Bonchev–Trinajstić information content (AvgIpc) is 2.70. The number of rotatable bonds is 1.